The normalized spacial score (nSPS) is 18.6. The molecule has 0 saturated carbocycles. The molecular weight excluding hydrogens is 389 g/mol. The molecule has 4 rings (SSSR count). The molecule has 0 aliphatic carbocycles. The van der Waals surface area contributed by atoms with Crippen molar-refractivity contribution in [2.24, 2.45) is 5.16 Å². The first-order chi connectivity index (χ1) is 14.6. The maximum Gasteiger partial charge on any atom is 0.267 e. The van der Waals surface area contributed by atoms with Gasteiger partial charge in [-0.2, -0.15) is 0 Å². The minimum Gasteiger partial charge on any atom is -0.493 e. The van der Waals surface area contributed by atoms with Crippen molar-refractivity contribution in [2.75, 3.05) is 45.3 Å². The number of methoxy groups -OCH3 is 2. The SMILES string of the molecule is COc1cccc(C2=NO[C@H](C(=O)N3CCN(c4ccc(F)cc4)CC3)C2)c1OC. The van der Waals surface area contributed by atoms with E-state index in [9.17, 15) is 9.18 Å². The molecule has 2 aromatic rings. The maximum absolute atomic E-state index is 13.1. The van der Waals surface area contributed by atoms with Gasteiger partial charge in [0.15, 0.2) is 11.5 Å². The average Bonchev–Trinajstić information content (AvgIpc) is 3.28. The van der Waals surface area contributed by atoms with E-state index in [1.165, 1.54) is 12.1 Å². The first-order valence-electron chi connectivity index (χ1n) is 9.84. The highest BCUT2D eigenvalue weighted by molar-refractivity contribution is 6.06. The fourth-order valence-corrected chi connectivity index (χ4v) is 3.82. The van der Waals surface area contributed by atoms with Crippen LogP contribution in [-0.2, 0) is 9.63 Å². The molecule has 1 fully saturated rings. The van der Waals surface area contributed by atoms with Crippen LogP contribution in [0.15, 0.2) is 47.6 Å². The van der Waals surface area contributed by atoms with Crippen LogP contribution in [0.3, 0.4) is 0 Å². The highest BCUT2D eigenvalue weighted by atomic mass is 19.1. The first kappa shape index (κ1) is 20.0. The molecule has 0 bridgehead atoms. The summed E-state index contributed by atoms with van der Waals surface area (Å²) in [7, 11) is 3.15. The smallest absolute Gasteiger partial charge is 0.267 e. The minimum atomic E-state index is -0.645. The van der Waals surface area contributed by atoms with Gasteiger partial charge in [0.25, 0.3) is 5.91 Å². The Hall–Kier alpha value is -3.29. The number of para-hydroxylation sites is 1. The molecule has 2 aliphatic rings. The standard InChI is InChI=1S/C22H24FN3O4/c1-28-19-5-3-4-17(21(19)29-2)18-14-20(30-24-18)22(27)26-12-10-25(11-13-26)16-8-6-15(23)7-9-16/h3-9,20H,10-14H2,1-2H3/t20-/m0/s1. The number of ether oxygens (including phenoxy) is 2. The van der Waals surface area contributed by atoms with Crippen LogP contribution in [0.1, 0.15) is 12.0 Å². The number of hydrogen-bond donors (Lipinski definition) is 0. The summed E-state index contributed by atoms with van der Waals surface area (Å²) in [5.41, 5.74) is 2.37. The van der Waals surface area contributed by atoms with Crippen LogP contribution >= 0.6 is 0 Å². The molecule has 1 atom stereocenters. The number of oxime groups is 1. The molecule has 30 heavy (non-hydrogen) atoms. The van der Waals surface area contributed by atoms with E-state index in [1.54, 1.807) is 31.3 Å². The second kappa shape index (κ2) is 8.61. The van der Waals surface area contributed by atoms with Gasteiger partial charge < -0.3 is 24.1 Å². The van der Waals surface area contributed by atoms with Crippen LogP contribution in [0.5, 0.6) is 11.5 Å². The van der Waals surface area contributed by atoms with Crippen LogP contribution in [0.25, 0.3) is 0 Å². The summed E-state index contributed by atoms with van der Waals surface area (Å²) in [6, 6.07) is 11.9. The molecule has 0 N–H and O–H groups in total. The van der Waals surface area contributed by atoms with Gasteiger partial charge in [-0.05, 0) is 36.4 Å². The fraction of sp³-hybridized carbons (Fsp3) is 0.364. The van der Waals surface area contributed by atoms with Crippen molar-refractivity contribution in [1.29, 1.82) is 0 Å². The van der Waals surface area contributed by atoms with Crippen molar-refractivity contribution < 1.29 is 23.5 Å². The van der Waals surface area contributed by atoms with Crippen LogP contribution in [0.4, 0.5) is 10.1 Å². The third-order valence-corrected chi connectivity index (χ3v) is 5.44. The van der Waals surface area contributed by atoms with Gasteiger partial charge in [-0.25, -0.2) is 4.39 Å². The van der Waals surface area contributed by atoms with Crippen LogP contribution in [0.2, 0.25) is 0 Å². The highest BCUT2D eigenvalue weighted by Crippen LogP contribution is 2.33. The monoisotopic (exact) mass is 413 g/mol. The lowest BCUT2D eigenvalue weighted by Gasteiger charge is -2.36. The predicted octanol–water partition coefficient (Wildman–Crippen LogP) is 2.68. The summed E-state index contributed by atoms with van der Waals surface area (Å²) in [6.07, 6.45) is -0.270. The molecule has 0 spiro atoms. The molecular formula is C22H24FN3O4. The number of hydrogen-bond acceptors (Lipinski definition) is 6. The third-order valence-electron chi connectivity index (χ3n) is 5.44. The second-order valence-electron chi connectivity index (χ2n) is 7.17. The van der Waals surface area contributed by atoms with Crippen molar-refractivity contribution in [3.63, 3.8) is 0 Å². The fourth-order valence-electron chi connectivity index (χ4n) is 3.82. The number of rotatable bonds is 5. The molecule has 0 aromatic heterocycles. The van der Waals surface area contributed by atoms with Gasteiger partial charge in [-0.3, -0.25) is 4.79 Å². The highest BCUT2D eigenvalue weighted by Gasteiger charge is 2.35. The van der Waals surface area contributed by atoms with Crippen LogP contribution < -0.4 is 14.4 Å². The van der Waals surface area contributed by atoms with Gasteiger partial charge in [0, 0.05) is 43.9 Å². The first-order valence-corrected chi connectivity index (χ1v) is 9.84. The van der Waals surface area contributed by atoms with Gasteiger partial charge in [-0.15, -0.1) is 0 Å². The molecule has 8 heteroatoms. The number of anilines is 1. The van der Waals surface area contributed by atoms with E-state index in [-0.39, 0.29) is 11.7 Å². The van der Waals surface area contributed by atoms with E-state index in [0.717, 1.165) is 11.3 Å². The number of piperazine rings is 1. The Labute approximate surface area is 174 Å². The molecule has 2 aliphatic heterocycles. The Balaban J connectivity index is 1.37. The molecule has 7 nitrogen and oxygen atoms in total. The largest absolute Gasteiger partial charge is 0.493 e. The van der Waals surface area contributed by atoms with E-state index in [1.807, 2.05) is 18.2 Å². The molecule has 1 amide bonds. The zero-order valence-electron chi connectivity index (χ0n) is 17.0. The number of halogens is 1. The lowest BCUT2D eigenvalue weighted by atomic mass is 10.0. The number of nitrogens with zero attached hydrogens (tertiary/aromatic N) is 3. The predicted molar refractivity (Wildman–Crippen MR) is 111 cm³/mol. The number of carbonyl (C=O) groups is 1. The topological polar surface area (TPSA) is 63.6 Å². The molecule has 0 radical (unpaired) electrons. The van der Waals surface area contributed by atoms with Gasteiger partial charge >= 0.3 is 0 Å². The zero-order valence-corrected chi connectivity index (χ0v) is 17.0. The minimum absolute atomic E-state index is 0.0747. The summed E-state index contributed by atoms with van der Waals surface area (Å²) in [5.74, 6) is 0.844. The zero-order chi connectivity index (χ0) is 21.1. The Bertz CT molecular complexity index is 940. The van der Waals surface area contributed by atoms with Gasteiger partial charge in [0.1, 0.15) is 5.82 Å². The third kappa shape index (κ3) is 3.90. The van der Waals surface area contributed by atoms with E-state index in [0.29, 0.717) is 49.8 Å². The summed E-state index contributed by atoms with van der Waals surface area (Å²) in [5, 5.41) is 4.15. The number of amides is 1. The Morgan fingerprint density at radius 1 is 1.07 bits per heavy atom. The van der Waals surface area contributed by atoms with Crippen LogP contribution in [-0.4, -0.2) is 63.0 Å². The quantitative estimate of drug-likeness (QED) is 0.754. The lowest BCUT2D eigenvalue weighted by Crippen LogP contribution is -2.51. The van der Waals surface area contributed by atoms with Crippen molar-refractivity contribution in [3.8, 4) is 11.5 Å². The number of benzene rings is 2. The van der Waals surface area contributed by atoms with E-state index in [4.69, 9.17) is 14.3 Å². The number of carbonyl (C=O) groups excluding carboxylic acids is 1. The summed E-state index contributed by atoms with van der Waals surface area (Å²) in [4.78, 5) is 22.4. The molecule has 2 aromatic carbocycles. The van der Waals surface area contributed by atoms with Crippen LogP contribution in [0, 0.1) is 5.82 Å². The summed E-state index contributed by atoms with van der Waals surface area (Å²) < 4.78 is 23.9. The van der Waals surface area contributed by atoms with Crippen molar-refractivity contribution in [2.45, 2.75) is 12.5 Å². The van der Waals surface area contributed by atoms with Crippen molar-refractivity contribution >= 4 is 17.3 Å². The molecule has 0 unspecified atom stereocenters. The van der Waals surface area contributed by atoms with E-state index in [2.05, 4.69) is 10.1 Å². The Morgan fingerprint density at radius 3 is 2.47 bits per heavy atom. The van der Waals surface area contributed by atoms with Crippen molar-refractivity contribution in [3.05, 3.63) is 53.8 Å². The van der Waals surface area contributed by atoms with Gasteiger partial charge in [0.05, 0.1) is 19.9 Å². The second-order valence-corrected chi connectivity index (χ2v) is 7.17. The summed E-state index contributed by atoms with van der Waals surface area (Å²) in [6.45, 7) is 2.52. The Morgan fingerprint density at radius 2 is 1.80 bits per heavy atom. The average molecular weight is 413 g/mol. The Kier molecular flexibility index (Phi) is 5.74. The van der Waals surface area contributed by atoms with Gasteiger partial charge in [0.2, 0.25) is 6.10 Å². The van der Waals surface area contributed by atoms with E-state index < -0.39 is 6.10 Å². The summed E-state index contributed by atoms with van der Waals surface area (Å²) >= 11 is 0. The van der Waals surface area contributed by atoms with E-state index >= 15 is 0 Å². The van der Waals surface area contributed by atoms with Crippen molar-refractivity contribution in [1.82, 2.24) is 4.90 Å². The maximum atomic E-state index is 13.1. The molecule has 2 heterocycles. The lowest BCUT2D eigenvalue weighted by molar-refractivity contribution is -0.142. The molecule has 158 valence electrons. The van der Waals surface area contributed by atoms with Gasteiger partial charge in [-0.1, -0.05) is 11.2 Å². The molecule has 1 saturated heterocycles.